The molecule has 2 rings (SSSR count). The molecule has 0 saturated heterocycles. The van der Waals surface area contributed by atoms with Crippen molar-refractivity contribution in [3.63, 3.8) is 0 Å². The summed E-state index contributed by atoms with van der Waals surface area (Å²) in [6.45, 7) is 0.637. The lowest BCUT2D eigenvalue weighted by Crippen LogP contribution is -1.96. The van der Waals surface area contributed by atoms with Crippen LogP contribution in [0.4, 0.5) is 4.39 Å². The molecule has 0 unspecified atom stereocenters. The SMILES string of the molecule is Fc1ccccc1COCc1nc(CCl)cs1. The van der Waals surface area contributed by atoms with Gasteiger partial charge in [-0.25, -0.2) is 9.37 Å². The topological polar surface area (TPSA) is 22.1 Å². The molecule has 0 aliphatic carbocycles. The van der Waals surface area contributed by atoms with Gasteiger partial charge < -0.3 is 4.74 Å². The van der Waals surface area contributed by atoms with Crippen LogP contribution in [0.5, 0.6) is 0 Å². The van der Waals surface area contributed by atoms with Gasteiger partial charge in [0.25, 0.3) is 0 Å². The number of aromatic nitrogens is 1. The maximum absolute atomic E-state index is 13.3. The van der Waals surface area contributed by atoms with E-state index in [1.165, 1.54) is 17.4 Å². The standard InChI is InChI=1S/C12H11ClFNOS/c13-5-10-8-17-12(15-10)7-16-6-9-3-1-2-4-11(9)14/h1-4,8H,5-7H2. The van der Waals surface area contributed by atoms with Crippen molar-refractivity contribution >= 4 is 22.9 Å². The predicted molar refractivity (Wildman–Crippen MR) is 66.6 cm³/mol. The molecule has 2 aromatic rings. The van der Waals surface area contributed by atoms with Crippen molar-refractivity contribution in [3.05, 3.63) is 51.7 Å². The number of ether oxygens (including phenoxy) is 1. The molecule has 0 fully saturated rings. The van der Waals surface area contributed by atoms with Gasteiger partial charge in [-0.15, -0.1) is 22.9 Å². The number of halogens is 2. The fraction of sp³-hybridized carbons (Fsp3) is 0.250. The number of alkyl halides is 1. The van der Waals surface area contributed by atoms with Crippen LogP contribution < -0.4 is 0 Å². The monoisotopic (exact) mass is 271 g/mol. The molecule has 0 saturated carbocycles. The van der Waals surface area contributed by atoms with E-state index in [-0.39, 0.29) is 12.4 Å². The van der Waals surface area contributed by atoms with Crippen molar-refractivity contribution < 1.29 is 9.13 Å². The van der Waals surface area contributed by atoms with E-state index in [1.54, 1.807) is 18.2 Å². The average molecular weight is 272 g/mol. The molecule has 0 atom stereocenters. The molecule has 1 aromatic heterocycles. The smallest absolute Gasteiger partial charge is 0.128 e. The normalized spacial score (nSPS) is 10.7. The van der Waals surface area contributed by atoms with Gasteiger partial charge in [0.1, 0.15) is 10.8 Å². The summed E-state index contributed by atoms with van der Waals surface area (Å²) in [5.74, 6) is 0.164. The third-order valence-electron chi connectivity index (χ3n) is 2.18. The number of hydrogen-bond donors (Lipinski definition) is 0. The Hall–Kier alpha value is -0.970. The van der Waals surface area contributed by atoms with Crippen LogP contribution in [0.1, 0.15) is 16.3 Å². The minimum atomic E-state index is -0.243. The van der Waals surface area contributed by atoms with Crippen LogP contribution in [-0.4, -0.2) is 4.98 Å². The zero-order chi connectivity index (χ0) is 12.1. The van der Waals surface area contributed by atoms with Gasteiger partial charge >= 0.3 is 0 Å². The maximum atomic E-state index is 13.3. The summed E-state index contributed by atoms with van der Waals surface area (Å²) >= 11 is 7.14. The van der Waals surface area contributed by atoms with Crippen LogP contribution in [0.15, 0.2) is 29.6 Å². The molecule has 0 amide bonds. The molecule has 2 nitrogen and oxygen atoms in total. The highest BCUT2D eigenvalue weighted by molar-refractivity contribution is 7.09. The van der Waals surface area contributed by atoms with Crippen molar-refractivity contribution in [2.45, 2.75) is 19.1 Å². The Morgan fingerprint density at radius 2 is 2.12 bits per heavy atom. The summed E-state index contributed by atoms with van der Waals surface area (Å²) in [6.07, 6.45) is 0. The number of rotatable bonds is 5. The van der Waals surface area contributed by atoms with Gasteiger partial charge in [0.15, 0.2) is 0 Å². The van der Waals surface area contributed by atoms with E-state index in [1.807, 2.05) is 5.38 Å². The quantitative estimate of drug-likeness (QED) is 0.773. The predicted octanol–water partition coefficient (Wildman–Crippen LogP) is 3.74. The van der Waals surface area contributed by atoms with Gasteiger partial charge in [-0.05, 0) is 6.07 Å². The molecule has 0 N–H and O–H groups in total. The van der Waals surface area contributed by atoms with Gasteiger partial charge in [0.05, 0.1) is 24.8 Å². The second kappa shape index (κ2) is 6.10. The minimum Gasteiger partial charge on any atom is -0.369 e. The molecule has 0 aliphatic rings. The number of benzene rings is 1. The molecule has 1 aromatic carbocycles. The summed E-state index contributed by atoms with van der Waals surface area (Å²) in [5, 5.41) is 2.76. The molecule has 5 heteroatoms. The zero-order valence-electron chi connectivity index (χ0n) is 9.03. The fourth-order valence-electron chi connectivity index (χ4n) is 1.34. The number of hydrogen-bond acceptors (Lipinski definition) is 3. The summed E-state index contributed by atoms with van der Waals surface area (Å²) < 4.78 is 18.7. The number of nitrogens with zero attached hydrogens (tertiary/aromatic N) is 1. The summed E-state index contributed by atoms with van der Waals surface area (Å²) in [4.78, 5) is 4.25. The van der Waals surface area contributed by atoms with Gasteiger partial charge in [-0.2, -0.15) is 0 Å². The van der Waals surface area contributed by atoms with Crippen LogP contribution in [-0.2, 0) is 23.8 Å². The average Bonchev–Trinajstić information content (AvgIpc) is 2.80. The first-order valence-electron chi connectivity index (χ1n) is 5.10. The van der Waals surface area contributed by atoms with E-state index in [2.05, 4.69) is 4.98 Å². The van der Waals surface area contributed by atoms with E-state index in [9.17, 15) is 4.39 Å². The van der Waals surface area contributed by atoms with Gasteiger partial charge in [0, 0.05) is 10.9 Å². The van der Waals surface area contributed by atoms with E-state index < -0.39 is 0 Å². The molecule has 0 radical (unpaired) electrons. The van der Waals surface area contributed by atoms with Crippen molar-refractivity contribution in [2.24, 2.45) is 0 Å². The Morgan fingerprint density at radius 1 is 1.29 bits per heavy atom. The Kier molecular flexibility index (Phi) is 4.48. The molecule has 90 valence electrons. The Balaban J connectivity index is 1.85. The van der Waals surface area contributed by atoms with Crippen molar-refractivity contribution in [2.75, 3.05) is 0 Å². The second-order valence-corrected chi connectivity index (χ2v) is 4.66. The van der Waals surface area contributed by atoms with E-state index in [0.717, 1.165) is 10.7 Å². The lowest BCUT2D eigenvalue weighted by Gasteiger charge is -2.03. The molecule has 0 bridgehead atoms. The lowest BCUT2D eigenvalue weighted by molar-refractivity contribution is 0.104. The van der Waals surface area contributed by atoms with E-state index in [4.69, 9.17) is 16.3 Å². The first-order valence-corrected chi connectivity index (χ1v) is 6.51. The zero-order valence-corrected chi connectivity index (χ0v) is 10.6. The Bertz CT molecular complexity index is 489. The summed E-state index contributed by atoms with van der Waals surface area (Å²) in [6, 6.07) is 6.58. The Morgan fingerprint density at radius 3 is 2.82 bits per heavy atom. The second-order valence-electron chi connectivity index (χ2n) is 3.45. The molecular formula is C12H11ClFNOS. The molecule has 17 heavy (non-hydrogen) atoms. The summed E-state index contributed by atoms with van der Waals surface area (Å²) in [7, 11) is 0. The third kappa shape index (κ3) is 3.49. The highest BCUT2D eigenvalue weighted by Crippen LogP contribution is 2.14. The number of thiazole rings is 1. The van der Waals surface area contributed by atoms with Crippen LogP contribution in [0.2, 0.25) is 0 Å². The molecule has 0 spiro atoms. The fourth-order valence-corrected chi connectivity index (χ4v) is 2.30. The van der Waals surface area contributed by atoms with Gasteiger partial charge in [-0.3, -0.25) is 0 Å². The van der Waals surface area contributed by atoms with E-state index in [0.29, 0.717) is 18.1 Å². The van der Waals surface area contributed by atoms with Crippen LogP contribution in [0.25, 0.3) is 0 Å². The van der Waals surface area contributed by atoms with Crippen LogP contribution in [0, 0.1) is 5.82 Å². The minimum absolute atomic E-state index is 0.243. The maximum Gasteiger partial charge on any atom is 0.128 e. The highest BCUT2D eigenvalue weighted by atomic mass is 35.5. The summed E-state index contributed by atoms with van der Waals surface area (Å²) in [5.41, 5.74) is 1.41. The van der Waals surface area contributed by atoms with Gasteiger partial charge in [-0.1, -0.05) is 18.2 Å². The highest BCUT2D eigenvalue weighted by Gasteiger charge is 2.03. The third-order valence-corrected chi connectivity index (χ3v) is 3.32. The van der Waals surface area contributed by atoms with Crippen LogP contribution >= 0.6 is 22.9 Å². The Labute approximate surface area is 108 Å². The van der Waals surface area contributed by atoms with Crippen LogP contribution in [0.3, 0.4) is 0 Å². The van der Waals surface area contributed by atoms with Crippen molar-refractivity contribution in [1.29, 1.82) is 0 Å². The first kappa shape index (κ1) is 12.5. The largest absolute Gasteiger partial charge is 0.369 e. The molecule has 0 aliphatic heterocycles. The molecule has 1 heterocycles. The van der Waals surface area contributed by atoms with Crippen molar-refractivity contribution in [1.82, 2.24) is 4.98 Å². The first-order chi connectivity index (χ1) is 8.29. The lowest BCUT2D eigenvalue weighted by atomic mass is 10.2. The van der Waals surface area contributed by atoms with E-state index >= 15 is 0 Å². The molecular weight excluding hydrogens is 261 g/mol. The van der Waals surface area contributed by atoms with Gasteiger partial charge in [0.2, 0.25) is 0 Å². The van der Waals surface area contributed by atoms with Crippen molar-refractivity contribution in [3.8, 4) is 0 Å².